The minimum absolute atomic E-state index is 0.322. The highest BCUT2D eigenvalue weighted by atomic mass is 32.2. The second kappa shape index (κ2) is 11.1. The molecule has 7 nitrogen and oxygen atoms in total. The monoisotopic (exact) mass is 449 g/mol. The normalized spacial score (nSPS) is 11.4. The molecule has 2 aromatic carbocycles. The number of hydrogen-bond donors (Lipinski definition) is 3. The molecule has 0 bridgehead atoms. The fraction of sp³-hybridized carbons (Fsp3) is 0.167. The number of carboxylic acids is 1. The molecule has 3 aromatic rings. The van der Waals surface area contributed by atoms with E-state index < -0.39 is 17.9 Å². The van der Waals surface area contributed by atoms with Crippen molar-refractivity contribution in [2.75, 3.05) is 17.3 Å². The number of rotatable bonds is 9. The van der Waals surface area contributed by atoms with Crippen LogP contribution in [0.25, 0.3) is 11.1 Å². The smallest absolute Gasteiger partial charge is 0.326 e. The van der Waals surface area contributed by atoms with Gasteiger partial charge < -0.3 is 15.7 Å². The maximum atomic E-state index is 13.0. The molecule has 1 aromatic heterocycles. The predicted octanol–water partition coefficient (Wildman–Crippen LogP) is 3.94. The molecule has 2 amide bonds. The van der Waals surface area contributed by atoms with Crippen LogP contribution in [0, 0.1) is 0 Å². The summed E-state index contributed by atoms with van der Waals surface area (Å²) in [6.45, 7) is 0. The van der Waals surface area contributed by atoms with Gasteiger partial charge in [0.2, 0.25) is 0 Å². The van der Waals surface area contributed by atoms with Crippen molar-refractivity contribution >= 4 is 35.2 Å². The average molecular weight is 450 g/mol. The number of benzene rings is 2. The summed E-state index contributed by atoms with van der Waals surface area (Å²) in [7, 11) is 0. The highest BCUT2D eigenvalue weighted by Gasteiger charge is 2.22. The van der Waals surface area contributed by atoms with Gasteiger partial charge in [-0.25, -0.2) is 4.79 Å². The Morgan fingerprint density at radius 1 is 1.03 bits per heavy atom. The standard InChI is InChI=1S/C24H23N3O4S/c1-32-13-11-21(24(30)31)27-23(29)19-10-9-18(14-20(19)16-6-3-2-4-7-16)26-22(28)17-8-5-12-25-15-17/h2-10,12,14-15,21H,11,13H2,1H3,(H,26,28)(H,27,29)(H,30,31). The lowest BCUT2D eigenvalue weighted by Gasteiger charge is -2.17. The zero-order chi connectivity index (χ0) is 22.9. The first-order chi connectivity index (χ1) is 15.5. The van der Waals surface area contributed by atoms with Gasteiger partial charge in [0.05, 0.1) is 5.56 Å². The van der Waals surface area contributed by atoms with Gasteiger partial charge in [-0.1, -0.05) is 30.3 Å². The Morgan fingerprint density at radius 3 is 2.47 bits per heavy atom. The summed E-state index contributed by atoms with van der Waals surface area (Å²) >= 11 is 1.52. The SMILES string of the molecule is CSCCC(NC(=O)c1ccc(NC(=O)c2cccnc2)cc1-c1ccccc1)C(=O)O. The molecule has 0 aliphatic heterocycles. The van der Waals surface area contributed by atoms with Crippen LogP contribution in [0.5, 0.6) is 0 Å². The number of thioether (sulfide) groups is 1. The molecular weight excluding hydrogens is 426 g/mol. The van der Waals surface area contributed by atoms with E-state index in [2.05, 4.69) is 15.6 Å². The van der Waals surface area contributed by atoms with Crippen molar-refractivity contribution < 1.29 is 19.5 Å². The molecule has 0 saturated heterocycles. The van der Waals surface area contributed by atoms with Crippen LogP contribution in [-0.4, -0.2) is 45.9 Å². The molecule has 3 rings (SSSR count). The van der Waals surface area contributed by atoms with Crippen molar-refractivity contribution in [3.05, 3.63) is 84.2 Å². The largest absolute Gasteiger partial charge is 0.480 e. The summed E-state index contributed by atoms with van der Waals surface area (Å²) in [4.78, 5) is 41.0. The van der Waals surface area contributed by atoms with Crippen LogP contribution in [0.3, 0.4) is 0 Å². The summed E-state index contributed by atoms with van der Waals surface area (Å²) in [5, 5.41) is 14.9. The number of anilines is 1. The average Bonchev–Trinajstić information content (AvgIpc) is 2.82. The van der Waals surface area contributed by atoms with Crippen molar-refractivity contribution in [1.29, 1.82) is 0 Å². The fourth-order valence-electron chi connectivity index (χ4n) is 3.11. The second-order valence-corrected chi connectivity index (χ2v) is 7.95. The van der Waals surface area contributed by atoms with E-state index >= 15 is 0 Å². The summed E-state index contributed by atoms with van der Waals surface area (Å²) in [6.07, 6.45) is 5.26. The molecule has 0 fully saturated rings. The van der Waals surface area contributed by atoms with Gasteiger partial charge in [0.1, 0.15) is 6.04 Å². The maximum absolute atomic E-state index is 13.0. The highest BCUT2D eigenvalue weighted by molar-refractivity contribution is 7.98. The first-order valence-corrected chi connectivity index (χ1v) is 11.3. The van der Waals surface area contributed by atoms with Gasteiger partial charge in [-0.3, -0.25) is 14.6 Å². The van der Waals surface area contributed by atoms with E-state index in [1.807, 2.05) is 36.6 Å². The van der Waals surface area contributed by atoms with Gasteiger partial charge in [-0.2, -0.15) is 11.8 Å². The minimum Gasteiger partial charge on any atom is -0.480 e. The van der Waals surface area contributed by atoms with Gasteiger partial charge in [-0.05, 0) is 59.9 Å². The zero-order valence-electron chi connectivity index (χ0n) is 17.4. The third-order valence-electron chi connectivity index (χ3n) is 4.74. The van der Waals surface area contributed by atoms with Crippen molar-refractivity contribution in [1.82, 2.24) is 10.3 Å². The number of nitrogens with one attached hydrogen (secondary N) is 2. The van der Waals surface area contributed by atoms with Crippen LogP contribution in [0.2, 0.25) is 0 Å². The topological polar surface area (TPSA) is 108 Å². The van der Waals surface area contributed by atoms with Crippen LogP contribution in [0.1, 0.15) is 27.1 Å². The number of aromatic nitrogens is 1. The first-order valence-electron chi connectivity index (χ1n) is 9.93. The number of carbonyl (C=O) groups excluding carboxylic acids is 2. The van der Waals surface area contributed by atoms with Crippen LogP contribution < -0.4 is 10.6 Å². The molecule has 0 aliphatic rings. The molecule has 3 N–H and O–H groups in total. The Hall–Kier alpha value is -3.65. The van der Waals surface area contributed by atoms with Gasteiger partial charge in [0, 0.05) is 23.6 Å². The summed E-state index contributed by atoms with van der Waals surface area (Å²) in [5.41, 5.74) is 2.60. The van der Waals surface area contributed by atoms with E-state index in [9.17, 15) is 19.5 Å². The quantitative estimate of drug-likeness (QED) is 0.457. The van der Waals surface area contributed by atoms with E-state index in [-0.39, 0.29) is 5.91 Å². The van der Waals surface area contributed by atoms with E-state index in [0.717, 1.165) is 5.56 Å². The van der Waals surface area contributed by atoms with Crippen LogP contribution in [0.15, 0.2) is 73.1 Å². The van der Waals surface area contributed by atoms with Crippen LogP contribution in [-0.2, 0) is 4.79 Å². The molecular formula is C24H23N3O4S. The molecule has 164 valence electrons. The Morgan fingerprint density at radius 2 is 1.81 bits per heavy atom. The van der Waals surface area contributed by atoms with Crippen molar-refractivity contribution in [2.24, 2.45) is 0 Å². The van der Waals surface area contributed by atoms with Gasteiger partial charge in [0.25, 0.3) is 11.8 Å². The molecule has 0 spiro atoms. The van der Waals surface area contributed by atoms with Crippen LogP contribution in [0.4, 0.5) is 5.69 Å². The molecule has 1 heterocycles. The lowest BCUT2D eigenvalue weighted by Crippen LogP contribution is -2.41. The Kier molecular flexibility index (Phi) is 7.99. The number of carboxylic acid groups (broad SMARTS) is 1. The van der Waals surface area contributed by atoms with E-state index in [1.54, 1.807) is 36.5 Å². The van der Waals surface area contributed by atoms with E-state index in [4.69, 9.17) is 0 Å². The predicted molar refractivity (Wildman–Crippen MR) is 126 cm³/mol. The van der Waals surface area contributed by atoms with Crippen LogP contribution >= 0.6 is 11.8 Å². The molecule has 0 saturated carbocycles. The summed E-state index contributed by atoms with van der Waals surface area (Å²) < 4.78 is 0. The summed E-state index contributed by atoms with van der Waals surface area (Å²) in [6, 6.07) is 16.5. The minimum atomic E-state index is -1.07. The Labute approximate surface area is 190 Å². The maximum Gasteiger partial charge on any atom is 0.326 e. The van der Waals surface area contributed by atoms with Crippen molar-refractivity contribution in [2.45, 2.75) is 12.5 Å². The van der Waals surface area contributed by atoms with E-state index in [1.165, 1.54) is 18.0 Å². The zero-order valence-corrected chi connectivity index (χ0v) is 18.3. The molecule has 1 atom stereocenters. The van der Waals surface area contributed by atoms with Gasteiger partial charge in [0.15, 0.2) is 0 Å². The highest BCUT2D eigenvalue weighted by Crippen LogP contribution is 2.27. The third-order valence-corrected chi connectivity index (χ3v) is 5.39. The molecule has 8 heteroatoms. The van der Waals surface area contributed by atoms with Crippen molar-refractivity contribution in [3.63, 3.8) is 0 Å². The number of nitrogens with zero attached hydrogens (tertiary/aromatic N) is 1. The van der Waals surface area contributed by atoms with Gasteiger partial charge in [-0.15, -0.1) is 0 Å². The second-order valence-electron chi connectivity index (χ2n) is 6.97. The lowest BCUT2D eigenvalue weighted by atomic mass is 9.98. The summed E-state index contributed by atoms with van der Waals surface area (Å²) in [5.74, 6) is -1.27. The number of hydrogen-bond acceptors (Lipinski definition) is 5. The number of aliphatic carboxylic acids is 1. The third kappa shape index (κ3) is 5.95. The molecule has 32 heavy (non-hydrogen) atoms. The van der Waals surface area contributed by atoms with Gasteiger partial charge >= 0.3 is 5.97 Å². The lowest BCUT2D eigenvalue weighted by molar-refractivity contribution is -0.139. The molecule has 1 unspecified atom stereocenters. The number of amides is 2. The number of pyridine rings is 1. The molecule has 0 radical (unpaired) electrons. The van der Waals surface area contributed by atoms with E-state index in [0.29, 0.717) is 34.6 Å². The Balaban J connectivity index is 1.91. The molecule has 0 aliphatic carbocycles. The Bertz CT molecular complexity index is 1090. The first kappa shape index (κ1) is 23.0. The fourth-order valence-corrected chi connectivity index (χ4v) is 3.58. The van der Waals surface area contributed by atoms with Crippen molar-refractivity contribution in [3.8, 4) is 11.1 Å². The number of carbonyl (C=O) groups is 3.